The molecule has 0 aliphatic carbocycles. The standard InChI is InChI=1S/C22H21NO4/c1-2-12-27-23-21(15-26-20-9-5-8-19(14-20)22(24)25)18-11-10-16-6-3-4-7-17(16)13-18/h3-11,13-14H,2,12,15H2,1H3,(H,24,25)/b23-21+. The van der Waals surface area contributed by atoms with E-state index in [1.807, 2.05) is 43.3 Å². The molecule has 27 heavy (non-hydrogen) atoms. The van der Waals surface area contributed by atoms with E-state index in [0.717, 1.165) is 22.8 Å². The summed E-state index contributed by atoms with van der Waals surface area (Å²) >= 11 is 0. The molecule has 0 spiro atoms. The minimum absolute atomic E-state index is 0.172. The Morgan fingerprint density at radius 1 is 0.963 bits per heavy atom. The van der Waals surface area contributed by atoms with Gasteiger partial charge in [0.25, 0.3) is 0 Å². The second kappa shape index (κ2) is 8.85. The molecule has 0 aliphatic heterocycles. The Kier molecular flexibility index (Phi) is 6.05. The number of ether oxygens (including phenoxy) is 1. The zero-order chi connectivity index (χ0) is 19.1. The number of carbonyl (C=O) groups is 1. The number of carboxylic acids is 1. The van der Waals surface area contributed by atoms with Gasteiger partial charge in [-0.15, -0.1) is 0 Å². The van der Waals surface area contributed by atoms with Crippen LogP contribution in [0.4, 0.5) is 0 Å². The first-order valence-corrected chi connectivity index (χ1v) is 8.81. The first kappa shape index (κ1) is 18.5. The summed E-state index contributed by atoms with van der Waals surface area (Å²) in [6.45, 7) is 2.70. The summed E-state index contributed by atoms with van der Waals surface area (Å²) in [6.07, 6.45) is 0.857. The van der Waals surface area contributed by atoms with E-state index in [1.54, 1.807) is 12.1 Å². The molecular weight excluding hydrogens is 342 g/mol. The van der Waals surface area contributed by atoms with E-state index in [0.29, 0.717) is 18.1 Å². The molecule has 138 valence electrons. The van der Waals surface area contributed by atoms with Crippen molar-refractivity contribution in [3.63, 3.8) is 0 Å². The summed E-state index contributed by atoms with van der Waals surface area (Å²) in [6, 6.07) is 20.5. The van der Waals surface area contributed by atoms with Crippen molar-refractivity contribution in [3.05, 3.63) is 77.9 Å². The van der Waals surface area contributed by atoms with Gasteiger partial charge in [-0.25, -0.2) is 4.79 Å². The normalized spacial score (nSPS) is 11.4. The molecule has 0 bridgehead atoms. The summed E-state index contributed by atoms with van der Waals surface area (Å²) in [7, 11) is 0. The fraction of sp³-hybridized carbons (Fsp3) is 0.182. The lowest BCUT2D eigenvalue weighted by Gasteiger charge is -2.11. The van der Waals surface area contributed by atoms with Gasteiger partial charge in [-0.3, -0.25) is 0 Å². The monoisotopic (exact) mass is 363 g/mol. The number of rotatable bonds is 8. The van der Waals surface area contributed by atoms with E-state index in [-0.39, 0.29) is 12.2 Å². The highest BCUT2D eigenvalue weighted by molar-refractivity contribution is 6.04. The Labute approximate surface area is 157 Å². The van der Waals surface area contributed by atoms with E-state index < -0.39 is 5.97 Å². The Bertz CT molecular complexity index is 965. The van der Waals surface area contributed by atoms with Gasteiger partial charge in [0.2, 0.25) is 0 Å². The van der Waals surface area contributed by atoms with Crippen LogP contribution in [-0.4, -0.2) is 30.0 Å². The molecule has 0 saturated carbocycles. The molecule has 0 unspecified atom stereocenters. The van der Waals surface area contributed by atoms with E-state index in [4.69, 9.17) is 14.7 Å². The summed E-state index contributed by atoms with van der Waals surface area (Å²) in [4.78, 5) is 16.5. The van der Waals surface area contributed by atoms with Crippen LogP contribution in [0, 0.1) is 0 Å². The quantitative estimate of drug-likeness (QED) is 0.356. The third-order valence-electron chi connectivity index (χ3n) is 4.01. The maximum atomic E-state index is 11.1. The number of hydrogen-bond donors (Lipinski definition) is 1. The van der Waals surface area contributed by atoms with E-state index in [1.165, 1.54) is 12.1 Å². The number of oxime groups is 1. The molecule has 5 nitrogen and oxygen atoms in total. The lowest BCUT2D eigenvalue weighted by Crippen LogP contribution is -2.14. The predicted molar refractivity (Wildman–Crippen MR) is 106 cm³/mol. The van der Waals surface area contributed by atoms with Crippen LogP contribution in [0.2, 0.25) is 0 Å². The lowest BCUT2D eigenvalue weighted by molar-refractivity contribution is 0.0696. The molecule has 0 radical (unpaired) electrons. The van der Waals surface area contributed by atoms with Crippen molar-refractivity contribution < 1.29 is 19.5 Å². The van der Waals surface area contributed by atoms with Crippen molar-refractivity contribution in [1.29, 1.82) is 0 Å². The first-order chi connectivity index (χ1) is 13.2. The van der Waals surface area contributed by atoms with Gasteiger partial charge in [0, 0.05) is 5.56 Å². The minimum atomic E-state index is -0.991. The average Bonchev–Trinajstić information content (AvgIpc) is 2.70. The summed E-state index contributed by atoms with van der Waals surface area (Å²) in [5.41, 5.74) is 1.73. The summed E-state index contributed by atoms with van der Waals surface area (Å²) in [5.74, 6) is -0.519. The van der Waals surface area contributed by atoms with Crippen LogP contribution in [-0.2, 0) is 4.84 Å². The SMILES string of the molecule is CCCO/N=C(\COc1cccc(C(=O)O)c1)c1ccc2ccccc2c1. The van der Waals surface area contributed by atoms with E-state index in [9.17, 15) is 4.79 Å². The van der Waals surface area contributed by atoms with Gasteiger partial charge < -0.3 is 14.7 Å². The van der Waals surface area contributed by atoms with Gasteiger partial charge in [0.1, 0.15) is 24.7 Å². The molecular formula is C22H21NO4. The van der Waals surface area contributed by atoms with Gasteiger partial charge in [-0.05, 0) is 41.5 Å². The van der Waals surface area contributed by atoms with Crippen molar-refractivity contribution in [2.24, 2.45) is 5.16 Å². The second-order valence-corrected chi connectivity index (χ2v) is 6.05. The van der Waals surface area contributed by atoms with Crippen LogP contribution in [0.25, 0.3) is 10.8 Å². The molecule has 3 aromatic carbocycles. The van der Waals surface area contributed by atoms with Crippen LogP contribution < -0.4 is 4.74 Å². The number of hydrogen-bond acceptors (Lipinski definition) is 4. The van der Waals surface area contributed by atoms with Crippen LogP contribution in [0.3, 0.4) is 0 Å². The molecule has 3 aromatic rings. The molecule has 3 rings (SSSR count). The highest BCUT2D eigenvalue weighted by Gasteiger charge is 2.09. The first-order valence-electron chi connectivity index (χ1n) is 8.81. The maximum absolute atomic E-state index is 11.1. The van der Waals surface area contributed by atoms with Gasteiger partial charge >= 0.3 is 5.97 Å². The van der Waals surface area contributed by atoms with E-state index >= 15 is 0 Å². The van der Waals surface area contributed by atoms with Gasteiger partial charge in [-0.1, -0.05) is 54.5 Å². The van der Waals surface area contributed by atoms with Crippen molar-refractivity contribution >= 4 is 22.5 Å². The van der Waals surface area contributed by atoms with Gasteiger partial charge in [0.15, 0.2) is 0 Å². The number of benzene rings is 3. The van der Waals surface area contributed by atoms with E-state index in [2.05, 4.69) is 11.2 Å². The Balaban J connectivity index is 1.83. The molecule has 0 saturated heterocycles. The van der Waals surface area contributed by atoms with Crippen molar-refractivity contribution in [2.45, 2.75) is 13.3 Å². The number of nitrogens with zero attached hydrogens (tertiary/aromatic N) is 1. The fourth-order valence-corrected chi connectivity index (χ4v) is 2.62. The van der Waals surface area contributed by atoms with Crippen molar-refractivity contribution in [2.75, 3.05) is 13.2 Å². The molecule has 0 heterocycles. The minimum Gasteiger partial charge on any atom is -0.487 e. The largest absolute Gasteiger partial charge is 0.487 e. The molecule has 5 heteroatoms. The third kappa shape index (κ3) is 4.85. The zero-order valence-electron chi connectivity index (χ0n) is 15.1. The maximum Gasteiger partial charge on any atom is 0.335 e. The summed E-state index contributed by atoms with van der Waals surface area (Å²) in [5, 5.41) is 15.6. The number of fused-ring (bicyclic) bond motifs is 1. The Hall–Kier alpha value is -3.34. The van der Waals surface area contributed by atoms with Gasteiger partial charge in [0.05, 0.1) is 5.56 Å². The molecule has 0 aliphatic rings. The molecule has 0 fully saturated rings. The molecule has 0 aromatic heterocycles. The zero-order valence-corrected chi connectivity index (χ0v) is 15.1. The third-order valence-corrected chi connectivity index (χ3v) is 4.01. The van der Waals surface area contributed by atoms with Crippen LogP contribution in [0.1, 0.15) is 29.3 Å². The summed E-state index contributed by atoms with van der Waals surface area (Å²) < 4.78 is 5.78. The van der Waals surface area contributed by atoms with Crippen LogP contribution >= 0.6 is 0 Å². The smallest absolute Gasteiger partial charge is 0.335 e. The van der Waals surface area contributed by atoms with Crippen LogP contribution in [0.5, 0.6) is 5.75 Å². The molecule has 1 N–H and O–H groups in total. The van der Waals surface area contributed by atoms with Gasteiger partial charge in [-0.2, -0.15) is 0 Å². The topological polar surface area (TPSA) is 68.1 Å². The van der Waals surface area contributed by atoms with Crippen molar-refractivity contribution in [1.82, 2.24) is 0 Å². The van der Waals surface area contributed by atoms with Crippen LogP contribution in [0.15, 0.2) is 71.9 Å². The molecule has 0 atom stereocenters. The Morgan fingerprint density at radius 3 is 2.56 bits per heavy atom. The van der Waals surface area contributed by atoms with Crippen molar-refractivity contribution in [3.8, 4) is 5.75 Å². The highest BCUT2D eigenvalue weighted by Crippen LogP contribution is 2.18. The lowest BCUT2D eigenvalue weighted by atomic mass is 10.0. The predicted octanol–water partition coefficient (Wildman–Crippen LogP) is 4.75. The number of carboxylic acid groups (broad SMARTS) is 1. The average molecular weight is 363 g/mol. The second-order valence-electron chi connectivity index (χ2n) is 6.05. The fourth-order valence-electron chi connectivity index (χ4n) is 2.62. The highest BCUT2D eigenvalue weighted by atomic mass is 16.6. The number of aromatic carboxylic acids is 1. The molecule has 0 amide bonds. The Morgan fingerprint density at radius 2 is 1.78 bits per heavy atom.